The maximum atomic E-state index is 12.3. The Morgan fingerprint density at radius 3 is 2.42 bits per heavy atom. The molecular formula is C20H21NO3. The molecular weight excluding hydrogens is 302 g/mol. The minimum absolute atomic E-state index is 0.0175. The van der Waals surface area contributed by atoms with Crippen LogP contribution in [0.25, 0.3) is 5.57 Å². The second-order valence-electron chi connectivity index (χ2n) is 5.65. The van der Waals surface area contributed by atoms with E-state index in [1.54, 1.807) is 7.11 Å². The van der Waals surface area contributed by atoms with Gasteiger partial charge in [-0.15, -0.1) is 0 Å². The van der Waals surface area contributed by atoms with Crippen LogP contribution in [0, 0.1) is 0 Å². The number of para-hydroxylation sites is 1. The Morgan fingerprint density at radius 2 is 1.79 bits per heavy atom. The highest BCUT2D eigenvalue weighted by Gasteiger charge is 2.18. The summed E-state index contributed by atoms with van der Waals surface area (Å²) in [5.74, 6) is 1.59. The quantitative estimate of drug-likeness (QED) is 0.846. The Morgan fingerprint density at radius 1 is 1.04 bits per heavy atom. The van der Waals surface area contributed by atoms with Gasteiger partial charge in [0.05, 0.1) is 7.11 Å². The van der Waals surface area contributed by atoms with Crippen LogP contribution in [-0.4, -0.2) is 37.6 Å². The van der Waals surface area contributed by atoms with Gasteiger partial charge in [0.15, 0.2) is 6.61 Å². The normalized spacial score (nSPS) is 14.0. The van der Waals surface area contributed by atoms with Gasteiger partial charge in [-0.25, -0.2) is 0 Å². The van der Waals surface area contributed by atoms with Crippen LogP contribution in [-0.2, 0) is 4.79 Å². The van der Waals surface area contributed by atoms with Gasteiger partial charge in [0.1, 0.15) is 11.5 Å². The lowest BCUT2D eigenvalue weighted by atomic mass is 9.99. The average molecular weight is 323 g/mol. The Bertz CT molecular complexity index is 707. The van der Waals surface area contributed by atoms with Crippen molar-refractivity contribution in [2.45, 2.75) is 6.42 Å². The third-order valence-electron chi connectivity index (χ3n) is 4.13. The Hall–Kier alpha value is -2.75. The number of carbonyl (C=O) groups is 1. The number of benzene rings is 2. The Balaban J connectivity index is 1.55. The number of rotatable bonds is 5. The summed E-state index contributed by atoms with van der Waals surface area (Å²) in [5.41, 5.74) is 2.45. The van der Waals surface area contributed by atoms with Crippen LogP contribution in [0.4, 0.5) is 0 Å². The van der Waals surface area contributed by atoms with Crippen LogP contribution >= 0.6 is 0 Å². The van der Waals surface area contributed by atoms with Crippen LogP contribution in [0.2, 0.25) is 0 Å². The summed E-state index contributed by atoms with van der Waals surface area (Å²) < 4.78 is 10.7. The molecule has 0 bridgehead atoms. The molecule has 0 aliphatic carbocycles. The van der Waals surface area contributed by atoms with Gasteiger partial charge in [-0.1, -0.05) is 36.4 Å². The Kier molecular flexibility index (Phi) is 5.16. The zero-order valence-corrected chi connectivity index (χ0v) is 13.8. The molecule has 0 radical (unpaired) electrons. The first-order chi connectivity index (χ1) is 11.8. The highest BCUT2D eigenvalue weighted by molar-refractivity contribution is 5.79. The van der Waals surface area contributed by atoms with Gasteiger partial charge >= 0.3 is 0 Å². The Labute approximate surface area is 142 Å². The summed E-state index contributed by atoms with van der Waals surface area (Å²) in [5, 5.41) is 0. The lowest BCUT2D eigenvalue weighted by Crippen LogP contribution is -2.37. The number of amides is 1. The lowest BCUT2D eigenvalue weighted by molar-refractivity contribution is -0.132. The van der Waals surface area contributed by atoms with E-state index >= 15 is 0 Å². The van der Waals surface area contributed by atoms with Crippen molar-refractivity contribution in [3.63, 3.8) is 0 Å². The van der Waals surface area contributed by atoms with Crippen LogP contribution in [0.3, 0.4) is 0 Å². The molecule has 124 valence electrons. The summed E-state index contributed by atoms with van der Waals surface area (Å²) in [6.07, 6.45) is 2.97. The van der Waals surface area contributed by atoms with Gasteiger partial charge in [0.25, 0.3) is 5.91 Å². The standard InChI is InChI=1S/C20H21NO3/c1-23-18-9-7-16(8-10-18)17-11-13-21(14-12-17)20(22)15-24-19-5-3-2-4-6-19/h2-11H,12-15H2,1H3. The highest BCUT2D eigenvalue weighted by Crippen LogP contribution is 2.24. The van der Waals surface area contributed by atoms with Gasteiger partial charge < -0.3 is 14.4 Å². The molecule has 2 aromatic carbocycles. The molecule has 0 saturated carbocycles. The molecule has 0 atom stereocenters. The summed E-state index contributed by atoms with van der Waals surface area (Å²) in [6.45, 7) is 1.42. The van der Waals surface area contributed by atoms with E-state index in [0.717, 1.165) is 24.5 Å². The molecule has 0 spiro atoms. The maximum Gasteiger partial charge on any atom is 0.260 e. The molecule has 24 heavy (non-hydrogen) atoms. The van der Waals surface area contributed by atoms with Gasteiger partial charge in [-0.3, -0.25) is 4.79 Å². The van der Waals surface area contributed by atoms with E-state index < -0.39 is 0 Å². The number of methoxy groups -OCH3 is 1. The van der Waals surface area contributed by atoms with Crippen molar-refractivity contribution in [1.29, 1.82) is 0 Å². The van der Waals surface area contributed by atoms with E-state index in [9.17, 15) is 4.79 Å². The summed E-state index contributed by atoms with van der Waals surface area (Å²) >= 11 is 0. The predicted octanol–water partition coefficient (Wildman–Crippen LogP) is 3.39. The third kappa shape index (κ3) is 3.96. The molecule has 4 nitrogen and oxygen atoms in total. The zero-order chi connectivity index (χ0) is 16.8. The van der Waals surface area contributed by atoms with Crippen LogP contribution in [0.15, 0.2) is 60.7 Å². The molecule has 1 aliphatic rings. The maximum absolute atomic E-state index is 12.3. The number of hydrogen-bond acceptors (Lipinski definition) is 3. The topological polar surface area (TPSA) is 38.8 Å². The first kappa shape index (κ1) is 16.1. The van der Waals surface area contributed by atoms with Crippen LogP contribution in [0.1, 0.15) is 12.0 Å². The predicted molar refractivity (Wildman–Crippen MR) is 94.1 cm³/mol. The van der Waals surface area contributed by atoms with Crippen molar-refractivity contribution < 1.29 is 14.3 Å². The van der Waals surface area contributed by atoms with E-state index in [0.29, 0.717) is 6.54 Å². The van der Waals surface area contributed by atoms with Gasteiger partial charge in [0.2, 0.25) is 0 Å². The van der Waals surface area contributed by atoms with Gasteiger partial charge in [-0.05, 0) is 41.8 Å². The molecule has 4 heteroatoms. The van der Waals surface area contributed by atoms with E-state index in [1.807, 2.05) is 47.4 Å². The van der Waals surface area contributed by atoms with Crippen LogP contribution in [0.5, 0.6) is 11.5 Å². The SMILES string of the molecule is COc1ccc(C2=CCN(C(=O)COc3ccccc3)CC2)cc1. The summed E-state index contributed by atoms with van der Waals surface area (Å²) in [6, 6.07) is 17.4. The minimum atomic E-state index is 0.0175. The fraction of sp³-hybridized carbons (Fsp3) is 0.250. The first-order valence-corrected chi connectivity index (χ1v) is 8.05. The fourth-order valence-electron chi connectivity index (χ4n) is 2.72. The van der Waals surface area contributed by atoms with Crippen molar-refractivity contribution in [2.75, 3.05) is 26.8 Å². The van der Waals surface area contributed by atoms with E-state index in [1.165, 1.54) is 11.1 Å². The lowest BCUT2D eigenvalue weighted by Gasteiger charge is -2.26. The number of nitrogens with zero attached hydrogens (tertiary/aromatic N) is 1. The number of ether oxygens (including phenoxy) is 2. The molecule has 0 aromatic heterocycles. The second-order valence-corrected chi connectivity index (χ2v) is 5.65. The van der Waals surface area contributed by atoms with Gasteiger partial charge in [0, 0.05) is 13.1 Å². The van der Waals surface area contributed by atoms with Crippen LogP contribution < -0.4 is 9.47 Å². The van der Waals surface area contributed by atoms with Crippen molar-refractivity contribution in [2.24, 2.45) is 0 Å². The number of carbonyl (C=O) groups excluding carboxylic acids is 1. The van der Waals surface area contributed by atoms with E-state index in [4.69, 9.17) is 9.47 Å². The van der Waals surface area contributed by atoms with Crippen molar-refractivity contribution in [1.82, 2.24) is 4.90 Å². The molecule has 2 aromatic rings. The summed E-state index contributed by atoms with van der Waals surface area (Å²) in [7, 11) is 1.66. The minimum Gasteiger partial charge on any atom is -0.497 e. The average Bonchev–Trinajstić information content (AvgIpc) is 2.67. The smallest absolute Gasteiger partial charge is 0.260 e. The van der Waals surface area contributed by atoms with Gasteiger partial charge in [-0.2, -0.15) is 0 Å². The monoisotopic (exact) mass is 323 g/mol. The fourth-order valence-corrected chi connectivity index (χ4v) is 2.72. The molecule has 1 heterocycles. The van der Waals surface area contributed by atoms with E-state index in [2.05, 4.69) is 18.2 Å². The molecule has 1 amide bonds. The molecule has 0 unspecified atom stereocenters. The second kappa shape index (κ2) is 7.68. The zero-order valence-electron chi connectivity index (χ0n) is 13.8. The molecule has 0 saturated heterocycles. The molecule has 3 rings (SSSR count). The number of hydrogen-bond donors (Lipinski definition) is 0. The molecule has 1 aliphatic heterocycles. The third-order valence-corrected chi connectivity index (χ3v) is 4.13. The van der Waals surface area contributed by atoms with E-state index in [-0.39, 0.29) is 12.5 Å². The largest absolute Gasteiger partial charge is 0.497 e. The molecule has 0 fully saturated rings. The van der Waals surface area contributed by atoms with Crippen molar-refractivity contribution >= 4 is 11.5 Å². The molecule has 0 N–H and O–H groups in total. The first-order valence-electron chi connectivity index (χ1n) is 8.05. The van der Waals surface area contributed by atoms with Crippen molar-refractivity contribution in [3.8, 4) is 11.5 Å². The summed E-state index contributed by atoms with van der Waals surface area (Å²) in [4.78, 5) is 14.1. The van der Waals surface area contributed by atoms with Crippen molar-refractivity contribution in [3.05, 3.63) is 66.2 Å². The highest BCUT2D eigenvalue weighted by atomic mass is 16.5.